The van der Waals surface area contributed by atoms with Crippen LogP contribution in [0.25, 0.3) is 0 Å². The van der Waals surface area contributed by atoms with Gasteiger partial charge >= 0.3 is 0 Å². The van der Waals surface area contributed by atoms with Gasteiger partial charge in [-0.05, 0) is 38.7 Å². The molecule has 0 bridgehead atoms. The smallest absolute Gasteiger partial charge is 0.261 e. The Labute approximate surface area is 262 Å². The highest BCUT2D eigenvalue weighted by molar-refractivity contribution is 7.80. The molecule has 0 spiro atoms. The van der Waals surface area contributed by atoms with Gasteiger partial charge in [-0.3, -0.25) is 0 Å². The summed E-state index contributed by atoms with van der Waals surface area (Å²) in [5.74, 6) is 0.813. The average molecular weight is 612 g/mol. The van der Waals surface area contributed by atoms with E-state index in [1.54, 1.807) is 7.11 Å². The van der Waals surface area contributed by atoms with Crippen LogP contribution in [0, 0.1) is 0 Å². The highest BCUT2D eigenvalue weighted by Gasteiger charge is 2.52. The van der Waals surface area contributed by atoms with Crippen LogP contribution < -0.4 is 20.4 Å². The summed E-state index contributed by atoms with van der Waals surface area (Å²) in [5.41, 5.74) is 2.14. The number of benzene rings is 4. The summed E-state index contributed by atoms with van der Waals surface area (Å²) in [7, 11) is -1.08. The Hall–Kier alpha value is -3.33. The Bertz CT molecular complexity index is 1410. The van der Waals surface area contributed by atoms with Crippen molar-refractivity contribution in [1.29, 1.82) is 0 Å². The van der Waals surface area contributed by atoms with E-state index in [2.05, 4.69) is 98.9 Å². The SMILES string of the molecule is COc1ccc(COC2C(CO[Si](c3ccccc3)(c3ccccc3)C(C)(C)C)NC(=S)C2OCc2ccccc2)cc1. The van der Waals surface area contributed by atoms with Crippen molar-refractivity contribution in [3.05, 3.63) is 126 Å². The van der Waals surface area contributed by atoms with Crippen LogP contribution in [-0.4, -0.2) is 45.3 Å². The van der Waals surface area contributed by atoms with E-state index in [-0.39, 0.29) is 17.2 Å². The number of thiocarbonyl (C=S) groups is 1. The fourth-order valence-electron chi connectivity index (χ4n) is 5.87. The van der Waals surface area contributed by atoms with Crippen molar-refractivity contribution in [2.45, 2.75) is 57.3 Å². The minimum absolute atomic E-state index is 0.141. The number of hydrogen-bond acceptors (Lipinski definition) is 5. The second-order valence-corrected chi connectivity index (χ2v) is 16.7. The van der Waals surface area contributed by atoms with E-state index in [1.165, 1.54) is 10.4 Å². The molecule has 7 heteroatoms. The number of methoxy groups -OCH3 is 1. The van der Waals surface area contributed by atoms with Crippen molar-refractivity contribution in [3.8, 4) is 5.75 Å². The minimum atomic E-state index is -2.75. The zero-order valence-electron chi connectivity index (χ0n) is 25.4. The van der Waals surface area contributed by atoms with Gasteiger partial charge in [-0.2, -0.15) is 0 Å². The van der Waals surface area contributed by atoms with Crippen LogP contribution in [0.3, 0.4) is 0 Å². The van der Waals surface area contributed by atoms with E-state index in [0.29, 0.717) is 24.8 Å². The third-order valence-corrected chi connectivity index (χ3v) is 13.4. The number of hydrogen-bond donors (Lipinski definition) is 1. The first-order valence-electron chi connectivity index (χ1n) is 14.8. The normalized spacial score (nSPS) is 18.8. The van der Waals surface area contributed by atoms with Gasteiger partial charge in [-0.15, -0.1) is 0 Å². The molecule has 1 saturated heterocycles. The molecule has 0 aliphatic carbocycles. The van der Waals surface area contributed by atoms with Crippen molar-refractivity contribution in [2.24, 2.45) is 0 Å². The largest absolute Gasteiger partial charge is 0.497 e. The summed E-state index contributed by atoms with van der Waals surface area (Å²) in [5, 5.41) is 5.86. The van der Waals surface area contributed by atoms with E-state index in [9.17, 15) is 0 Å². The molecule has 5 rings (SSSR count). The summed E-state index contributed by atoms with van der Waals surface area (Å²) in [4.78, 5) is 0.645. The van der Waals surface area contributed by atoms with E-state index in [0.717, 1.165) is 16.9 Å². The van der Waals surface area contributed by atoms with Crippen LogP contribution in [0.1, 0.15) is 31.9 Å². The molecule has 224 valence electrons. The third kappa shape index (κ3) is 7.08. The molecule has 4 aromatic rings. The van der Waals surface area contributed by atoms with E-state index in [4.69, 9.17) is 30.9 Å². The maximum Gasteiger partial charge on any atom is 0.261 e. The van der Waals surface area contributed by atoms with Crippen molar-refractivity contribution in [2.75, 3.05) is 13.7 Å². The molecule has 0 amide bonds. The second kappa shape index (κ2) is 14.0. The molecule has 43 heavy (non-hydrogen) atoms. The van der Waals surface area contributed by atoms with Crippen LogP contribution >= 0.6 is 12.2 Å². The fourth-order valence-corrected chi connectivity index (χ4v) is 10.8. The van der Waals surface area contributed by atoms with Gasteiger partial charge in [0.25, 0.3) is 8.32 Å². The Kier molecular flexibility index (Phi) is 10.1. The van der Waals surface area contributed by atoms with Gasteiger partial charge in [-0.25, -0.2) is 0 Å². The summed E-state index contributed by atoms with van der Waals surface area (Å²) in [6.45, 7) is 8.14. The number of ether oxygens (including phenoxy) is 3. The van der Waals surface area contributed by atoms with Gasteiger partial charge in [0, 0.05) is 0 Å². The van der Waals surface area contributed by atoms with Crippen molar-refractivity contribution in [1.82, 2.24) is 5.32 Å². The molecule has 1 aliphatic rings. The lowest BCUT2D eigenvalue weighted by Crippen LogP contribution is -2.67. The van der Waals surface area contributed by atoms with E-state index in [1.807, 2.05) is 42.5 Å². The Morgan fingerprint density at radius 1 is 0.698 bits per heavy atom. The lowest BCUT2D eigenvalue weighted by molar-refractivity contribution is -0.0608. The zero-order valence-corrected chi connectivity index (χ0v) is 27.2. The van der Waals surface area contributed by atoms with Crippen LogP contribution in [-0.2, 0) is 27.1 Å². The first-order chi connectivity index (χ1) is 20.8. The first-order valence-corrected chi connectivity index (χ1v) is 17.1. The van der Waals surface area contributed by atoms with Gasteiger partial charge in [0.1, 0.15) is 22.9 Å². The molecule has 1 aliphatic heterocycles. The molecule has 1 heterocycles. The highest BCUT2D eigenvalue weighted by atomic mass is 32.1. The van der Waals surface area contributed by atoms with Gasteiger partial charge in [0.05, 0.1) is 33.0 Å². The van der Waals surface area contributed by atoms with Crippen LogP contribution in [0.2, 0.25) is 5.04 Å². The van der Waals surface area contributed by atoms with Gasteiger partial charge in [0.2, 0.25) is 0 Å². The maximum absolute atomic E-state index is 7.29. The van der Waals surface area contributed by atoms with E-state index >= 15 is 0 Å². The minimum Gasteiger partial charge on any atom is -0.497 e. The molecule has 3 unspecified atom stereocenters. The Morgan fingerprint density at radius 2 is 1.21 bits per heavy atom. The number of rotatable bonds is 12. The monoisotopic (exact) mass is 611 g/mol. The molecule has 5 nitrogen and oxygen atoms in total. The predicted octanol–water partition coefficient (Wildman–Crippen LogP) is 6.04. The molecule has 1 fully saturated rings. The van der Waals surface area contributed by atoms with Crippen LogP contribution in [0.5, 0.6) is 5.75 Å². The quantitative estimate of drug-likeness (QED) is 0.156. The average Bonchev–Trinajstić information content (AvgIpc) is 3.33. The molecule has 4 aromatic carbocycles. The molecule has 1 N–H and O–H groups in total. The molecule has 3 atom stereocenters. The van der Waals surface area contributed by atoms with Crippen LogP contribution in [0.4, 0.5) is 0 Å². The summed E-state index contributed by atoms with van der Waals surface area (Å²) in [6, 6.07) is 39.3. The summed E-state index contributed by atoms with van der Waals surface area (Å²) >= 11 is 5.86. The van der Waals surface area contributed by atoms with E-state index < -0.39 is 14.4 Å². The standard InChI is InChI=1S/C36H41NO4SSi/c1-36(2,3)43(30-16-10-6-11-17-30,31-18-12-7-13-19-31)41-26-32-33(39-25-28-20-22-29(38-4)23-21-28)34(35(42)37-32)40-24-27-14-8-5-9-15-27/h5-23,32-34H,24-26H2,1-4H3,(H,37,42). The Morgan fingerprint density at radius 3 is 1.74 bits per heavy atom. The first kappa shape index (κ1) is 31.1. The van der Waals surface area contributed by atoms with Crippen molar-refractivity contribution >= 4 is 35.9 Å². The summed E-state index contributed by atoms with van der Waals surface area (Å²) in [6.07, 6.45) is -0.738. The lowest BCUT2D eigenvalue weighted by atomic mass is 10.1. The van der Waals surface area contributed by atoms with Crippen molar-refractivity contribution < 1.29 is 18.6 Å². The highest BCUT2D eigenvalue weighted by Crippen LogP contribution is 2.37. The lowest BCUT2D eigenvalue weighted by Gasteiger charge is -2.43. The Balaban J connectivity index is 1.43. The number of nitrogens with one attached hydrogen (secondary N) is 1. The maximum atomic E-state index is 7.29. The van der Waals surface area contributed by atoms with Crippen LogP contribution in [0.15, 0.2) is 115 Å². The second-order valence-electron chi connectivity index (χ2n) is 11.9. The molecule has 0 aromatic heterocycles. The van der Waals surface area contributed by atoms with Gasteiger partial charge < -0.3 is 24.0 Å². The van der Waals surface area contributed by atoms with Gasteiger partial charge in [0.15, 0.2) is 0 Å². The molecule has 0 radical (unpaired) electrons. The molecular formula is C36H41NO4SSi. The topological polar surface area (TPSA) is 49.0 Å². The predicted molar refractivity (Wildman–Crippen MR) is 180 cm³/mol. The van der Waals surface area contributed by atoms with Crippen molar-refractivity contribution in [3.63, 3.8) is 0 Å². The summed E-state index contributed by atoms with van der Waals surface area (Å²) < 4.78 is 25.7. The fraction of sp³-hybridized carbons (Fsp3) is 0.306. The third-order valence-electron chi connectivity index (χ3n) is 8.05. The molecular weight excluding hydrogens is 571 g/mol. The van der Waals surface area contributed by atoms with Gasteiger partial charge in [-0.1, -0.05) is 136 Å². The zero-order chi connectivity index (χ0) is 30.3. The molecule has 0 saturated carbocycles.